The van der Waals surface area contributed by atoms with Crippen LogP contribution < -0.4 is 0 Å². The molecule has 1 aliphatic heterocycles. The van der Waals surface area contributed by atoms with Gasteiger partial charge in [0, 0.05) is 39.8 Å². The van der Waals surface area contributed by atoms with Crippen molar-refractivity contribution in [3.8, 4) is 0 Å². The first-order chi connectivity index (χ1) is 10.6. The summed E-state index contributed by atoms with van der Waals surface area (Å²) in [4.78, 5) is 24.2. The zero-order valence-corrected chi connectivity index (χ0v) is 13.0. The summed E-state index contributed by atoms with van der Waals surface area (Å²) in [5, 5.41) is 8.32. The summed E-state index contributed by atoms with van der Waals surface area (Å²) in [7, 11) is 1.66. The van der Waals surface area contributed by atoms with E-state index in [-0.39, 0.29) is 17.0 Å². The number of hydrogen-bond donors (Lipinski definition) is 0. The SMILES string of the molecule is Cn1nc(C(=O)N2CCN(CCn3cncn3)CC2)nc1Cl. The number of carbonyl (C=O) groups is 1. The number of rotatable bonds is 4. The number of nitrogens with zero attached hydrogens (tertiary/aromatic N) is 8. The molecule has 2 aromatic rings. The second-order valence-corrected chi connectivity index (χ2v) is 5.46. The molecule has 0 atom stereocenters. The minimum Gasteiger partial charge on any atom is -0.333 e. The van der Waals surface area contributed by atoms with Crippen molar-refractivity contribution in [2.75, 3.05) is 32.7 Å². The van der Waals surface area contributed by atoms with E-state index in [0.717, 1.165) is 26.2 Å². The quantitative estimate of drug-likeness (QED) is 0.755. The van der Waals surface area contributed by atoms with E-state index in [2.05, 4.69) is 25.1 Å². The van der Waals surface area contributed by atoms with Crippen molar-refractivity contribution in [2.45, 2.75) is 6.54 Å². The zero-order valence-electron chi connectivity index (χ0n) is 12.3. The van der Waals surface area contributed by atoms with E-state index in [1.807, 2.05) is 0 Å². The number of halogens is 1. The third-order valence-corrected chi connectivity index (χ3v) is 4.00. The third-order valence-electron chi connectivity index (χ3n) is 3.67. The van der Waals surface area contributed by atoms with E-state index in [9.17, 15) is 4.79 Å². The maximum atomic E-state index is 12.3. The molecule has 3 rings (SSSR count). The van der Waals surface area contributed by atoms with Gasteiger partial charge in [-0.05, 0) is 11.6 Å². The highest BCUT2D eigenvalue weighted by atomic mass is 35.5. The van der Waals surface area contributed by atoms with Crippen molar-refractivity contribution >= 4 is 17.5 Å². The first-order valence-corrected chi connectivity index (χ1v) is 7.42. The molecule has 0 aromatic carbocycles. The highest BCUT2D eigenvalue weighted by Gasteiger charge is 2.25. The lowest BCUT2D eigenvalue weighted by Crippen LogP contribution is -2.49. The molecule has 3 heterocycles. The van der Waals surface area contributed by atoms with Gasteiger partial charge in [-0.15, -0.1) is 5.10 Å². The van der Waals surface area contributed by atoms with Crippen molar-refractivity contribution in [3.63, 3.8) is 0 Å². The fourth-order valence-electron chi connectivity index (χ4n) is 2.36. The van der Waals surface area contributed by atoms with Gasteiger partial charge in [0.2, 0.25) is 11.1 Å². The van der Waals surface area contributed by atoms with E-state index in [1.54, 1.807) is 23.0 Å². The van der Waals surface area contributed by atoms with Crippen molar-refractivity contribution in [1.29, 1.82) is 0 Å². The lowest BCUT2D eigenvalue weighted by molar-refractivity contribution is 0.0620. The number of aryl methyl sites for hydroxylation is 1. The predicted octanol–water partition coefficient (Wildman–Crippen LogP) is -0.482. The second-order valence-electron chi connectivity index (χ2n) is 5.12. The molecule has 2 aromatic heterocycles. The van der Waals surface area contributed by atoms with Crippen LogP contribution in [0, 0.1) is 0 Å². The Morgan fingerprint density at radius 2 is 2.05 bits per heavy atom. The highest BCUT2D eigenvalue weighted by molar-refractivity contribution is 6.28. The molecular weight excluding hydrogens is 308 g/mol. The molecule has 1 aliphatic rings. The summed E-state index contributed by atoms with van der Waals surface area (Å²) in [6.45, 7) is 4.64. The fourth-order valence-corrected chi connectivity index (χ4v) is 2.48. The molecule has 0 aliphatic carbocycles. The van der Waals surface area contributed by atoms with Crippen molar-refractivity contribution in [2.24, 2.45) is 7.05 Å². The van der Waals surface area contributed by atoms with Gasteiger partial charge in [0.15, 0.2) is 0 Å². The monoisotopic (exact) mass is 324 g/mol. The maximum Gasteiger partial charge on any atom is 0.293 e. The van der Waals surface area contributed by atoms with Crippen LogP contribution in [0.25, 0.3) is 0 Å². The van der Waals surface area contributed by atoms with Gasteiger partial charge >= 0.3 is 0 Å². The fraction of sp³-hybridized carbons (Fsp3) is 0.583. The molecule has 1 fully saturated rings. The topological polar surface area (TPSA) is 85.0 Å². The standard InChI is InChI=1S/C12H17ClN8O/c1-18-12(13)16-10(17-18)11(22)20-5-2-19(3-6-20)4-7-21-9-14-8-15-21/h8-9H,2-7H2,1H3. The Bertz CT molecular complexity index is 612. The smallest absolute Gasteiger partial charge is 0.293 e. The molecule has 0 unspecified atom stereocenters. The Morgan fingerprint density at radius 3 is 2.64 bits per heavy atom. The van der Waals surface area contributed by atoms with Crippen LogP contribution in [0.1, 0.15) is 10.6 Å². The van der Waals surface area contributed by atoms with Crippen LogP contribution in [0.4, 0.5) is 0 Å². The molecule has 0 saturated carbocycles. The van der Waals surface area contributed by atoms with Crippen LogP contribution in [0.3, 0.4) is 0 Å². The van der Waals surface area contributed by atoms with Crippen molar-refractivity contribution in [3.05, 3.63) is 23.8 Å². The van der Waals surface area contributed by atoms with E-state index >= 15 is 0 Å². The lowest BCUT2D eigenvalue weighted by atomic mass is 10.3. The minimum atomic E-state index is -0.168. The van der Waals surface area contributed by atoms with Crippen molar-refractivity contribution in [1.82, 2.24) is 39.3 Å². The Balaban J connectivity index is 1.49. The normalized spacial score (nSPS) is 16.2. The average molecular weight is 325 g/mol. The maximum absolute atomic E-state index is 12.3. The summed E-state index contributed by atoms with van der Waals surface area (Å²) < 4.78 is 3.19. The molecule has 1 saturated heterocycles. The first kappa shape index (κ1) is 14.9. The van der Waals surface area contributed by atoms with Crippen LogP contribution in [-0.2, 0) is 13.6 Å². The molecule has 1 amide bonds. The number of carbonyl (C=O) groups excluding carboxylic acids is 1. The van der Waals surface area contributed by atoms with Crippen LogP contribution in [0.2, 0.25) is 5.28 Å². The van der Waals surface area contributed by atoms with Gasteiger partial charge < -0.3 is 4.90 Å². The largest absolute Gasteiger partial charge is 0.333 e. The van der Waals surface area contributed by atoms with Crippen LogP contribution in [0.15, 0.2) is 12.7 Å². The molecule has 0 N–H and O–H groups in total. The summed E-state index contributed by atoms with van der Waals surface area (Å²) in [5.41, 5.74) is 0. The average Bonchev–Trinajstić information content (AvgIpc) is 3.16. The zero-order chi connectivity index (χ0) is 15.5. The molecule has 0 bridgehead atoms. The first-order valence-electron chi connectivity index (χ1n) is 7.04. The summed E-state index contributed by atoms with van der Waals surface area (Å²) >= 11 is 5.82. The number of aromatic nitrogens is 6. The Labute approximate surface area is 132 Å². The number of amides is 1. The van der Waals surface area contributed by atoms with Gasteiger partial charge in [-0.2, -0.15) is 10.1 Å². The van der Waals surface area contributed by atoms with E-state index in [0.29, 0.717) is 13.1 Å². The molecule has 10 heteroatoms. The van der Waals surface area contributed by atoms with Gasteiger partial charge in [-0.3, -0.25) is 14.4 Å². The van der Waals surface area contributed by atoms with Crippen LogP contribution >= 0.6 is 11.6 Å². The van der Waals surface area contributed by atoms with Crippen molar-refractivity contribution < 1.29 is 4.79 Å². The number of piperazine rings is 1. The number of hydrogen-bond acceptors (Lipinski definition) is 6. The van der Waals surface area contributed by atoms with Gasteiger partial charge in [0.05, 0.1) is 6.54 Å². The Hall–Kier alpha value is -2.00. The molecule has 0 radical (unpaired) electrons. The molecule has 22 heavy (non-hydrogen) atoms. The van der Waals surface area contributed by atoms with Gasteiger partial charge in [-0.25, -0.2) is 9.67 Å². The van der Waals surface area contributed by atoms with Gasteiger partial charge in [0.25, 0.3) is 5.91 Å². The van der Waals surface area contributed by atoms with E-state index < -0.39 is 0 Å². The molecule has 118 valence electrons. The van der Waals surface area contributed by atoms with E-state index in [4.69, 9.17) is 11.6 Å². The molecular formula is C12H17ClN8O. The third kappa shape index (κ3) is 3.25. The van der Waals surface area contributed by atoms with Crippen LogP contribution in [0.5, 0.6) is 0 Å². The molecule has 0 spiro atoms. The summed E-state index contributed by atoms with van der Waals surface area (Å²) in [6, 6.07) is 0. The summed E-state index contributed by atoms with van der Waals surface area (Å²) in [6.07, 6.45) is 3.23. The highest BCUT2D eigenvalue weighted by Crippen LogP contribution is 2.09. The van der Waals surface area contributed by atoms with Gasteiger partial charge in [0.1, 0.15) is 12.7 Å². The van der Waals surface area contributed by atoms with Gasteiger partial charge in [-0.1, -0.05) is 0 Å². The Kier molecular flexibility index (Phi) is 4.34. The minimum absolute atomic E-state index is 0.156. The predicted molar refractivity (Wildman–Crippen MR) is 78.4 cm³/mol. The molecule has 9 nitrogen and oxygen atoms in total. The van der Waals surface area contributed by atoms with Crippen LogP contribution in [-0.4, -0.2) is 78.0 Å². The van der Waals surface area contributed by atoms with E-state index in [1.165, 1.54) is 11.0 Å². The lowest BCUT2D eigenvalue weighted by Gasteiger charge is -2.34. The summed E-state index contributed by atoms with van der Waals surface area (Å²) in [5.74, 6) is -0.0120. The Morgan fingerprint density at radius 1 is 1.27 bits per heavy atom. The second kappa shape index (κ2) is 6.41.